The molecule has 1 N–H and O–H groups in total. The van der Waals surface area contributed by atoms with E-state index in [1.165, 1.54) is 10.9 Å². The molecule has 1 heterocycles. The second-order valence-corrected chi connectivity index (χ2v) is 5.98. The Morgan fingerprint density at radius 2 is 2.11 bits per heavy atom. The summed E-state index contributed by atoms with van der Waals surface area (Å²) in [4.78, 5) is 5.69. The van der Waals surface area contributed by atoms with E-state index in [9.17, 15) is 4.39 Å². The zero-order valence-corrected chi connectivity index (χ0v) is 12.0. The second kappa shape index (κ2) is 5.24. The molecule has 1 atom stereocenters. The van der Waals surface area contributed by atoms with Crippen LogP contribution in [0, 0.1) is 19.7 Å². The molecular formula is C13H14ClFN2S. The summed E-state index contributed by atoms with van der Waals surface area (Å²) in [5, 5.41) is 4.45. The minimum atomic E-state index is -0.407. The van der Waals surface area contributed by atoms with Crippen molar-refractivity contribution in [1.82, 2.24) is 4.98 Å². The van der Waals surface area contributed by atoms with Crippen molar-refractivity contribution in [2.24, 2.45) is 0 Å². The van der Waals surface area contributed by atoms with Gasteiger partial charge in [0, 0.05) is 10.6 Å². The molecule has 0 radical (unpaired) electrons. The van der Waals surface area contributed by atoms with Gasteiger partial charge in [0.25, 0.3) is 0 Å². The van der Waals surface area contributed by atoms with E-state index >= 15 is 0 Å². The van der Waals surface area contributed by atoms with Crippen molar-refractivity contribution in [3.63, 3.8) is 0 Å². The Bertz CT molecular complexity index is 568. The lowest BCUT2D eigenvalue weighted by molar-refractivity contribution is 0.628. The van der Waals surface area contributed by atoms with Gasteiger partial charge in [0.05, 0.1) is 21.8 Å². The average Bonchev–Trinajstić information content (AvgIpc) is 2.63. The van der Waals surface area contributed by atoms with Crippen molar-refractivity contribution in [2.75, 3.05) is 5.32 Å². The summed E-state index contributed by atoms with van der Waals surface area (Å²) in [6, 6.07) is 4.68. The zero-order chi connectivity index (χ0) is 13.3. The molecule has 0 aliphatic heterocycles. The minimum Gasteiger partial charge on any atom is -0.377 e. The van der Waals surface area contributed by atoms with Gasteiger partial charge in [-0.1, -0.05) is 11.6 Å². The number of nitrogens with zero attached hydrogens (tertiary/aromatic N) is 1. The predicted octanol–water partition coefficient (Wildman–Crippen LogP) is 4.73. The highest BCUT2D eigenvalue weighted by Crippen LogP contribution is 2.27. The van der Waals surface area contributed by atoms with Gasteiger partial charge in [-0.05, 0) is 39.0 Å². The van der Waals surface area contributed by atoms with E-state index in [1.807, 2.05) is 13.8 Å². The van der Waals surface area contributed by atoms with Crippen molar-refractivity contribution in [3.8, 4) is 0 Å². The van der Waals surface area contributed by atoms with Crippen LogP contribution in [0.4, 0.5) is 10.1 Å². The smallest absolute Gasteiger partial charge is 0.141 e. The molecule has 96 valence electrons. The molecular weight excluding hydrogens is 271 g/mol. The van der Waals surface area contributed by atoms with Crippen LogP contribution in [-0.4, -0.2) is 4.98 Å². The number of benzene rings is 1. The second-order valence-electron chi connectivity index (χ2n) is 4.17. The number of anilines is 1. The maximum absolute atomic E-state index is 13.1. The van der Waals surface area contributed by atoms with Crippen molar-refractivity contribution >= 4 is 28.6 Å². The molecule has 0 saturated carbocycles. The predicted molar refractivity (Wildman–Crippen MR) is 75.0 cm³/mol. The first-order valence-corrected chi connectivity index (χ1v) is 6.82. The van der Waals surface area contributed by atoms with Gasteiger partial charge in [0.15, 0.2) is 0 Å². The van der Waals surface area contributed by atoms with Crippen molar-refractivity contribution < 1.29 is 4.39 Å². The first-order valence-electron chi connectivity index (χ1n) is 5.63. The van der Waals surface area contributed by atoms with Crippen LogP contribution in [0.3, 0.4) is 0 Å². The van der Waals surface area contributed by atoms with Crippen molar-refractivity contribution in [1.29, 1.82) is 0 Å². The third kappa shape index (κ3) is 2.82. The Morgan fingerprint density at radius 3 is 2.67 bits per heavy atom. The molecule has 0 amide bonds. The molecule has 1 aromatic carbocycles. The van der Waals surface area contributed by atoms with Crippen LogP contribution in [0.1, 0.15) is 28.5 Å². The zero-order valence-electron chi connectivity index (χ0n) is 10.4. The SMILES string of the molecule is Cc1nc(C(C)Nc2ccc(F)c(Cl)c2)c(C)s1. The fourth-order valence-corrected chi connectivity index (χ4v) is 2.95. The van der Waals surface area contributed by atoms with E-state index in [-0.39, 0.29) is 11.1 Å². The lowest BCUT2D eigenvalue weighted by Crippen LogP contribution is -2.08. The van der Waals surface area contributed by atoms with Gasteiger partial charge in [-0.15, -0.1) is 11.3 Å². The van der Waals surface area contributed by atoms with Crippen LogP contribution in [0.15, 0.2) is 18.2 Å². The van der Waals surface area contributed by atoms with Crippen LogP contribution in [-0.2, 0) is 0 Å². The van der Waals surface area contributed by atoms with E-state index < -0.39 is 5.82 Å². The molecule has 0 aliphatic rings. The Kier molecular flexibility index (Phi) is 3.88. The molecule has 2 nitrogen and oxygen atoms in total. The van der Waals surface area contributed by atoms with Gasteiger partial charge in [0.2, 0.25) is 0 Å². The Morgan fingerprint density at radius 1 is 1.39 bits per heavy atom. The van der Waals surface area contributed by atoms with Crippen LogP contribution in [0.2, 0.25) is 5.02 Å². The molecule has 0 saturated heterocycles. The molecule has 5 heteroatoms. The third-order valence-corrected chi connectivity index (χ3v) is 3.84. The van der Waals surface area contributed by atoms with Gasteiger partial charge in [-0.25, -0.2) is 9.37 Å². The van der Waals surface area contributed by atoms with E-state index in [0.29, 0.717) is 0 Å². The summed E-state index contributed by atoms with van der Waals surface area (Å²) in [7, 11) is 0. The maximum Gasteiger partial charge on any atom is 0.141 e. The van der Waals surface area contributed by atoms with Crippen LogP contribution < -0.4 is 5.32 Å². The number of aromatic nitrogens is 1. The lowest BCUT2D eigenvalue weighted by atomic mass is 10.2. The summed E-state index contributed by atoms with van der Waals surface area (Å²) in [5.74, 6) is -0.407. The summed E-state index contributed by atoms with van der Waals surface area (Å²) in [5.41, 5.74) is 1.82. The van der Waals surface area contributed by atoms with E-state index in [4.69, 9.17) is 11.6 Å². The van der Waals surface area contributed by atoms with Crippen LogP contribution in [0.5, 0.6) is 0 Å². The number of halogens is 2. The van der Waals surface area contributed by atoms with Gasteiger partial charge < -0.3 is 5.32 Å². The molecule has 2 aromatic rings. The largest absolute Gasteiger partial charge is 0.377 e. The van der Waals surface area contributed by atoms with Crippen molar-refractivity contribution in [3.05, 3.63) is 44.6 Å². The Labute approximate surface area is 115 Å². The molecule has 18 heavy (non-hydrogen) atoms. The molecule has 0 fully saturated rings. The summed E-state index contributed by atoms with van der Waals surface area (Å²) in [6.07, 6.45) is 0. The highest BCUT2D eigenvalue weighted by atomic mass is 35.5. The first kappa shape index (κ1) is 13.3. The molecule has 0 bridgehead atoms. The lowest BCUT2D eigenvalue weighted by Gasteiger charge is -2.14. The van der Waals surface area contributed by atoms with Crippen molar-refractivity contribution in [2.45, 2.75) is 26.8 Å². The number of hydrogen-bond acceptors (Lipinski definition) is 3. The Hall–Kier alpha value is -1.13. The van der Waals surface area contributed by atoms with Crippen LogP contribution in [0.25, 0.3) is 0 Å². The van der Waals surface area contributed by atoms with E-state index in [1.54, 1.807) is 23.5 Å². The standard InChI is InChI=1S/C13H14ClFN2S/c1-7(13-8(2)18-9(3)17-13)16-10-4-5-12(15)11(14)6-10/h4-7,16H,1-3H3. The van der Waals surface area contributed by atoms with Gasteiger partial charge in [0.1, 0.15) is 5.82 Å². The van der Waals surface area contributed by atoms with E-state index in [2.05, 4.69) is 17.2 Å². The fraction of sp³-hybridized carbons (Fsp3) is 0.308. The molecule has 0 spiro atoms. The van der Waals surface area contributed by atoms with Gasteiger partial charge in [-0.3, -0.25) is 0 Å². The summed E-state index contributed by atoms with van der Waals surface area (Å²) < 4.78 is 13.1. The topological polar surface area (TPSA) is 24.9 Å². The highest BCUT2D eigenvalue weighted by molar-refractivity contribution is 7.11. The molecule has 0 aliphatic carbocycles. The fourth-order valence-electron chi connectivity index (χ4n) is 1.85. The number of rotatable bonds is 3. The Balaban J connectivity index is 2.18. The summed E-state index contributed by atoms with van der Waals surface area (Å²) in [6.45, 7) is 6.07. The molecule has 2 rings (SSSR count). The normalized spacial score (nSPS) is 12.5. The molecule has 1 aromatic heterocycles. The maximum atomic E-state index is 13.1. The number of nitrogens with one attached hydrogen (secondary N) is 1. The average molecular weight is 285 g/mol. The highest BCUT2D eigenvalue weighted by Gasteiger charge is 2.13. The number of aryl methyl sites for hydroxylation is 2. The summed E-state index contributed by atoms with van der Waals surface area (Å²) >= 11 is 7.43. The number of hydrogen-bond donors (Lipinski definition) is 1. The monoisotopic (exact) mass is 284 g/mol. The first-order chi connectivity index (χ1) is 8.47. The quantitative estimate of drug-likeness (QED) is 0.882. The molecule has 1 unspecified atom stereocenters. The third-order valence-electron chi connectivity index (χ3n) is 2.65. The van der Waals surface area contributed by atoms with Gasteiger partial charge in [-0.2, -0.15) is 0 Å². The van der Waals surface area contributed by atoms with E-state index in [0.717, 1.165) is 16.4 Å². The minimum absolute atomic E-state index is 0.0662. The van der Waals surface area contributed by atoms with Crippen LogP contribution >= 0.6 is 22.9 Å². The van der Waals surface area contributed by atoms with Gasteiger partial charge >= 0.3 is 0 Å². The number of thiazole rings is 1.